The molecule has 2 rings (SSSR count). The van der Waals surface area contributed by atoms with Crippen LogP contribution in [0.2, 0.25) is 0 Å². The molecule has 0 spiro atoms. The Morgan fingerprint density at radius 2 is 2.47 bits per heavy atom. The fourth-order valence-corrected chi connectivity index (χ4v) is 2.49. The second-order valence-corrected chi connectivity index (χ2v) is 4.81. The van der Waals surface area contributed by atoms with Crippen LogP contribution in [0.4, 0.5) is 0 Å². The van der Waals surface area contributed by atoms with Crippen LogP contribution in [-0.4, -0.2) is 29.9 Å². The first-order valence-electron chi connectivity index (χ1n) is 6.22. The number of aryl methyl sites for hydroxylation is 1. The molecule has 1 saturated heterocycles. The molecule has 2 atom stereocenters. The van der Waals surface area contributed by atoms with Crippen LogP contribution in [-0.2, 0) is 11.2 Å². The molecule has 1 aromatic rings. The smallest absolute Gasteiger partial charge is 0.223 e. The monoisotopic (exact) mass is 236 g/mol. The second-order valence-electron chi connectivity index (χ2n) is 4.81. The van der Waals surface area contributed by atoms with Gasteiger partial charge in [-0.25, -0.2) is 0 Å². The summed E-state index contributed by atoms with van der Waals surface area (Å²) >= 11 is 0. The number of rotatable bonds is 4. The van der Waals surface area contributed by atoms with Crippen molar-refractivity contribution in [1.29, 1.82) is 0 Å². The van der Waals surface area contributed by atoms with E-state index in [9.17, 15) is 4.79 Å². The van der Waals surface area contributed by atoms with Crippen molar-refractivity contribution in [2.75, 3.05) is 13.1 Å². The van der Waals surface area contributed by atoms with Gasteiger partial charge < -0.3 is 15.1 Å². The summed E-state index contributed by atoms with van der Waals surface area (Å²) in [4.78, 5) is 14.0. The summed E-state index contributed by atoms with van der Waals surface area (Å²) in [5.41, 5.74) is 5.66. The van der Waals surface area contributed by atoms with Crippen molar-refractivity contribution in [3.8, 4) is 0 Å². The summed E-state index contributed by atoms with van der Waals surface area (Å²) in [5.74, 6) is 1.56. The Morgan fingerprint density at radius 1 is 1.65 bits per heavy atom. The second kappa shape index (κ2) is 5.36. The number of carbonyl (C=O) groups excluding carboxylic acids is 1. The average molecular weight is 236 g/mol. The summed E-state index contributed by atoms with van der Waals surface area (Å²) in [6.45, 7) is 3.58. The highest BCUT2D eigenvalue weighted by Crippen LogP contribution is 2.23. The third-order valence-electron chi connectivity index (χ3n) is 3.48. The highest BCUT2D eigenvalue weighted by Gasteiger charge is 2.31. The maximum Gasteiger partial charge on any atom is 0.223 e. The third-order valence-corrected chi connectivity index (χ3v) is 3.48. The molecular weight excluding hydrogens is 216 g/mol. The molecule has 0 radical (unpaired) electrons. The number of carbonyl (C=O) groups is 1. The topological polar surface area (TPSA) is 59.5 Å². The van der Waals surface area contributed by atoms with E-state index in [2.05, 4.69) is 6.92 Å². The van der Waals surface area contributed by atoms with E-state index in [4.69, 9.17) is 10.2 Å². The van der Waals surface area contributed by atoms with Crippen molar-refractivity contribution in [1.82, 2.24) is 4.90 Å². The Morgan fingerprint density at radius 3 is 3.06 bits per heavy atom. The van der Waals surface area contributed by atoms with Crippen molar-refractivity contribution in [3.63, 3.8) is 0 Å². The Balaban J connectivity index is 1.84. The van der Waals surface area contributed by atoms with Crippen LogP contribution in [0.25, 0.3) is 0 Å². The lowest BCUT2D eigenvalue weighted by atomic mass is 10.1. The van der Waals surface area contributed by atoms with E-state index < -0.39 is 0 Å². The number of hydrogen-bond donors (Lipinski definition) is 1. The molecule has 1 aromatic heterocycles. The number of hydrogen-bond acceptors (Lipinski definition) is 3. The maximum absolute atomic E-state index is 12.1. The normalized spacial score (nSPS) is 24.2. The highest BCUT2D eigenvalue weighted by molar-refractivity contribution is 5.77. The van der Waals surface area contributed by atoms with Crippen molar-refractivity contribution in [2.24, 2.45) is 11.7 Å². The van der Waals surface area contributed by atoms with E-state index in [1.165, 1.54) is 0 Å². The van der Waals surface area contributed by atoms with Crippen LogP contribution in [0.1, 0.15) is 25.5 Å². The molecule has 0 saturated carbocycles. The zero-order chi connectivity index (χ0) is 12.3. The van der Waals surface area contributed by atoms with Crippen molar-refractivity contribution < 1.29 is 9.21 Å². The van der Waals surface area contributed by atoms with Crippen LogP contribution in [0.3, 0.4) is 0 Å². The van der Waals surface area contributed by atoms with E-state index in [1.807, 2.05) is 17.0 Å². The van der Waals surface area contributed by atoms with Gasteiger partial charge in [-0.2, -0.15) is 0 Å². The predicted molar refractivity (Wildman–Crippen MR) is 65.4 cm³/mol. The zero-order valence-electron chi connectivity index (χ0n) is 10.3. The molecule has 2 heterocycles. The van der Waals surface area contributed by atoms with Gasteiger partial charge in [0.1, 0.15) is 5.76 Å². The van der Waals surface area contributed by atoms with E-state index in [-0.39, 0.29) is 5.91 Å². The van der Waals surface area contributed by atoms with Gasteiger partial charge >= 0.3 is 0 Å². The molecule has 4 heteroatoms. The zero-order valence-corrected chi connectivity index (χ0v) is 10.3. The number of nitrogens with two attached hydrogens (primary N) is 1. The lowest BCUT2D eigenvalue weighted by Crippen LogP contribution is -2.34. The third kappa shape index (κ3) is 2.88. The molecule has 2 unspecified atom stereocenters. The van der Waals surface area contributed by atoms with Gasteiger partial charge in [-0.3, -0.25) is 4.79 Å². The van der Waals surface area contributed by atoms with Gasteiger partial charge in [-0.1, -0.05) is 0 Å². The van der Waals surface area contributed by atoms with Crippen molar-refractivity contribution >= 4 is 5.91 Å². The fraction of sp³-hybridized carbons (Fsp3) is 0.615. The number of likely N-dealkylation sites (tertiary alicyclic amines) is 1. The van der Waals surface area contributed by atoms with Crippen LogP contribution >= 0.6 is 0 Å². The van der Waals surface area contributed by atoms with Crippen LogP contribution in [0.5, 0.6) is 0 Å². The average Bonchev–Trinajstić information content (AvgIpc) is 2.94. The van der Waals surface area contributed by atoms with Crippen LogP contribution in [0.15, 0.2) is 22.8 Å². The molecule has 1 fully saturated rings. The lowest BCUT2D eigenvalue weighted by molar-refractivity contribution is -0.131. The van der Waals surface area contributed by atoms with Gasteiger partial charge in [0.2, 0.25) is 5.91 Å². The molecule has 94 valence electrons. The molecule has 1 aliphatic heterocycles. The molecule has 0 bridgehead atoms. The van der Waals surface area contributed by atoms with E-state index in [0.29, 0.717) is 31.3 Å². The molecule has 17 heavy (non-hydrogen) atoms. The van der Waals surface area contributed by atoms with E-state index >= 15 is 0 Å². The predicted octanol–water partition coefficient (Wildman–Crippen LogP) is 1.41. The van der Waals surface area contributed by atoms with Gasteiger partial charge in [0.15, 0.2) is 0 Å². The molecule has 0 aliphatic carbocycles. The van der Waals surface area contributed by atoms with E-state index in [1.54, 1.807) is 6.26 Å². The first-order chi connectivity index (χ1) is 8.20. The SMILES string of the molecule is CC1CC(CN)CN1C(=O)CCc1ccco1. The minimum absolute atomic E-state index is 0.213. The Labute approximate surface area is 102 Å². The Kier molecular flexibility index (Phi) is 3.84. The largest absolute Gasteiger partial charge is 0.469 e. The number of amides is 1. The van der Waals surface area contributed by atoms with Gasteiger partial charge in [0, 0.05) is 25.4 Å². The summed E-state index contributed by atoms with van der Waals surface area (Å²) in [7, 11) is 0. The van der Waals surface area contributed by atoms with E-state index in [0.717, 1.165) is 18.7 Å². The summed E-state index contributed by atoms with van der Waals surface area (Å²) < 4.78 is 5.22. The van der Waals surface area contributed by atoms with Crippen LogP contribution in [0, 0.1) is 5.92 Å². The van der Waals surface area contributed by atoms with Gasteiger partial charge in [-0.15, -0.1) is 0 Å². The molecule has 4 nitrogen and oxygen atoms in total. The molecular formula is C13H20N2O2. The van der Waals surface area contributed by atoms with Gasteiger partial charge in [-0.05, 0) is 37.9 Å². The highest BCUT2D eigenvalue weighted by atomic mass is 16.3. The van der Waals surface area contributed by atoms with Gasteiger partial charge in [0.05, 0.1) is 6.26 Å². The van der Waals surface area contributed by atoms with Crippen LogP contribution < -0.4 is 5.73 Å². The molecule has 2 N–H and O–H groups in total. The molecule has 1 aliphatic rings. The summed E-state index contributed by atoms with van der Waals surface area (Å²) in [6.07, 6.45) is 3.88. The maximum atomic E-state index is 12.1. The van der Waals surface area contributed by atoms with Crippen molar-refractivity contribution in [2.45, 2.75) is 32.2 Å². The summed E-state index contributed by atoms with van der Waals surface area (Å²) in [5, 5.41) is 0. The summed E-state index contributed by atoms with van der Waals surface area (Å²) in [6, 6.07) is 4.08. The Bertz CT molecular complexity index is 362. The standard InChI is InChI=1S/C13H20N2O2/c1-10-7-11(8-14)9-15(10)13(16)5-4-12-3-2-6-17-12/h2-3,6,10-11H,4-5,7-9,14H2,1H3. The lowest BCUT2D eigenvalue weighted by Gasteiger charge is -2.21. The fourth-order valence-electron chi connectivity index (χ4n) is 2.49. The molecule has 0 aromatic carbocycles. The first-order valence-corrected chi connectivity index (χ1v) is 6.22. The van der Waals surface area contributed by atoms with Crippen molar-refractivity contribution in [3.05, 3.63) is 24.2 Å². The quantitative estimate of drug-likeness (QED) is 0.859. The van der Waals surface area contributed by atoms with Gasteiger partial charge in [0.25, 0.3) is 0 Å². The molecule has 1 amide bonds. The first kappa shape index (κ1) is 12.2. The number of nitrogens with zero attached hydrogens (tertiary/aromatic N) is 1. The minimum atomic E-state index is 0.213. The minimum Gasteiger partial charge on any atom is -0.469 e. The Hall–Kier alpha value is -1.29. The number of furan rings is 1.